The van der Waals surface area contributed by atoms with Gasteiger partial charge in [-0.1, -0.05) is 53.9 Å². The van der Waals surface area contributed by atoms with Crippen LogP contribution in [0.25, 0.3) is 0 Å². The van der Waals surface area contributed by atoms with Crippen molar-refractivity contribution in [3.8, 4) is 0 Å². The smallest absolute Gasteiger partial charge is 0.340 e. The van der Waals surface area contributed by atoms with Crippen LogP contribution in [0.15, 0.2) is 60.0 Å². The molecular weight excluding hydrogens is 377 g/mol. The van der Waals surface area contributed by atoms with Crippen molar-refractivity contribution in [2.24, 2.45) is 0 Å². The molecular formula is C19H16F3N2S2+. The van der Waals surface area contributed by atoms with Gasteiger partial charge < -0.3 is 5.32 Å². The second-order valence-corrected chi connectivity index (χ2v) is 7.05. The van der Waals surface area contributed by atoms with Crippen LogP contribution in [0.4, 0.5) is 18.9 Å². The molecule has 0 aliphatic heterocycles. The van der Waals surface area contributed by atoms with E-state index in [9.17, 15) is 13.2 Å². The maximum atomic E-state index is 12.7. The van der Waals surface area contributed by atoms with Crippen molar-refractivity contribution in [2.75, 3.05) is 5.32 Å². The fraction of sp³-hybridized carbons (Fsp3) is 0.158. The number of aryl methyl sites for hydroxylation is 1. The molecule has 3 rings (SSSR count). The zero-order chi connectivity index (χ0) is 18.7. The summed E-state index contributed by atoms with van der Waals surface area (Å²) in [6.45, 7) is 2.68. The summed E-state index contributed by atoms with van der Waals surface area (Å²) in [5.41, 5.74) is 2.07. The van der Waals surface area contributed by atoms with Gasteiger partial charge in [0.2, 0.25) is 0 Å². The van der Waals surface area contributed by atoms with Crippen molar-refractivity contribution in [1.82, 2.24) is 0 Å². The molecule has 0 unspecified atom stereocenters. The number of aromatic nitrogens is 1. The van der Waals surface area contributed by atoms with E-state index in [4.69, 9.17) is 12.2 Å². The maximum Gasteiger partial charge on any atom is 0.416 e. The van der Waals surface area contributed by atoms with Crippen LogP contribution in [0.5, 0.6) is 0 Å². The minimum Gasteiger partial charge on any atom is -0.340 e. The summed E-state index contributed by atoms with van der Waals surface area (Å²) < 4.78 is 40.1. The van der Waals surface area contributed by atoms with Gasteiger partial charge in [-0.05, 0) is 24.3 Å². The zero-order valence-electron chi connectivity index (χ0n) is 13.9. The third kappa shape index (κ3) is 4.28. The molecule has 1 heterocycles. The Morgan fingerprint density at radius 3 is 2.35 bits per heavy atom. The van der Waals surface area contributed by atoms with Crippen molar-refractivity contribution >= 4 is 34.2 Å². The lowest BCUT2D eigenvalue weighted by Crippen LogP contribution is -2.41. The van der Waals surface area contributed by atoms with E-state index in [-0.39, 0.29) is 0 Å². The molecule has 0 aliphatic carbocycles. The summed E-state index contributed by atoms with van der Waals surface area (Å²) in [5, 5.41) is 5.91. The van der Waals surface area contributed by atoms with E-state index in [0.29, 0.717) is 17.2 Å². The Labute approximate surface area is 158 Å². The predicted molar refractivity (Wildman–Crippen MR) is 102 cm³/mol. The molecule has 0 saturated carbocycles. The molecule has 0 fully saturated rings. The highest BCUT2D eigenvalue weighted by molar-refractivity contribution is 7.81. The third-order valence-corrected chi connectivity index (χ3v) is 5.39. The number of nitrogens with one attached hydrogen (secondary N) is 1. The molecule has 0 aliphatic rings. The molecule has 2 nitrogen and oxygen atoms in total. The predicted octanol–water partition coefficient (Wildman–Crippen LogP) is 5.20. The van der Waals surface area contributed by atoms with Crippen LogP contribution in [0.1, 0.15) is 21.8 Å². The molecule has 3 aromatic rings. The van der Waals surface area contributed by atoms with Gasteiger partial charge in [0.1, 0.15) is 0 Å². The highest BCUT2D eigenvalue weighted by atomic mass is 32.1. The van der Waals surface area contributed by atoms with Gasteiger partial charge >= 0.3 is 6.18 Å². The monoisotopic (exact) mass is 393 g/mol. The van der Waals surface area contributed by atoms with Gasteiger partial charge in [0, 0.05) is 18.2 Å². The van der Waals surface area contributed by atoms with Crippen molar-refractivity contribution in [2.45, 2.75) is 19.6 Å². The van der Waals surface area contributed by atoms with Gasteiger partial charge in [-0.2, -0.15) is 17.7 Å². The van der Waals surface area contributed by atoms with Crippen LogP contribution >= 0.6 is 23.6 Å². The first kappa shape index (κ1) is 18.5. The number of thiocarbonyl (C=S) groups is 1. The number of hydrogen-bond donors (Lipinski definition) is 1. The standard InChI is InChI=1S/C19H15F3N2S2/c1-13-12-26-18(24(13)11-14-5-3-2-4-6-14)17(25)23-16-9-7-15(8-10-16)19(20,21)22/h2-10,12H,11H2,1H3/p+1. The first-order valence-electron chi connectivity index (χ1n) is 7.85. The van der Waals surface area contributed by atoms with Gasteiger partial charge in [0.15, 0.2) is 17.2 Å². The third-order valence-electron chi connectivity index (χ3n) is 3.86. The Hall–Kier alpha value is -2.25. The SMILES string of the molecule is Cc1csc(C(=S)Nc2ccc(C(F)(F)F)cc2)[n+]1Cc1ccccc1. The first-order valence-corrected chi connectivity index (χ1v) is 9.14. The minimum atomic E-state index is -4.34. The van der Waals surface area contributed by atoms with Gasteiger partial charge in [0.05, 0.1) is 10.9 Å². The highest BCUT2D eigenvalue weighted by Crippen LogP contribution is 2.30. The molecule has 7 heteroatoms. The normalized spacial score (nSPS) is 11.4. The molecule has 0 bridgehead atoms. The summed E-state index contributed by atoms with van der Waals surface area (Å²) >= 11 is 6.99. The van der Waals surface area contributed by atoms with Crippen LogP contribution in [0.3, 0.4) is 0 Å². The van der Waals surface area contributed by atoms with Gasteiger partial charge in [-0.25, -0.2) is 0 Å². The number of benzene rings is 2. The Morgan fingerprint density at radius 1 is 1.08 bits per heavy atom. The number of rotatable bonds is 4. The summed E-state index contributed by atoms with van der Waals surface area (Å²) in [6, 6.07) is 14.9. The highest BCUT2D eigenvalue weighted by Gasteiger charge is 2.30. The summed E-state index contributed by atoms with van der Waals surface area (Å²) in [7, 11) is 0. The largest absolute Gasteiger partial charge is 0.416 e. The number of thiazole rings is 1. The van der Waals surface area contributed by atoms with E-state index >= 15 is 0 Å². The Balaban J connectivity index is 1.78. The van der Waals surface area contributed by atoms with Crippen LogP contribution in [-0.2, 0) is 12.7 Å². The molecule has 0 amide bonds. The Bertz CT molecular complexity index is 901. The number of hydrogen-bond acceptors (Lipinski definition) is 2. The van der Waals surface area contributed by atoms with Gasteiger partial charge in [-0.3, -0.25) is 0 Å². The van der Waals surface area contributed by atoms with E-state index in [1.54, 1.807) is 0 Å². The molecule has 0 saturated heterocycles. The Kier molecular flexibility index (Phi) is 5.38. The average molecular weight is 393 g/mol. The molecule has 1 N–H and O–H groups in total. The van der Waals surface area contributed by atoms with E-state index in [1.165, 1.54) is 23.5 Å². The van der Waals surface area contributed by atoms with Crippen molar-refractivity contribution in [1.29, 1.82) is 0 Å². The summed E-state index contributed by atoms with van der Waals surface area (Å²) in [4.78, 5) is 0.485. The molecule has 0 spiro atoms. The lowest BCUT2D eigenvalue weighted by atomic mass is 10.2. The molecule has 134 valence electrons. The van der Waals surface area contributed by atoms with E-state index in [0.717, 1.165) is 28.4 Å². The molecule has 2 aromatic carbocycles. The van der Waals surface area contributed by atoms with Crippen LogP contribution in [0.2, 0.25) is 0 Å². The van der Waals surface area contributed by atoms with Crippen LogP contribution in [-0.4, -0.2) is 4.99 Å². The lowest BCUT2D eigenvalue weighted by molar-refractivity contribution is -0.690. The van der Waals surface area contributed by atoms with Crippen molar-refractivity contribution in [3.05, 3.63) is 81.8 Å². The molecule has 0 radical (unpaired) electrons. The number of halogens is 3. The number of anilines is 1. The van der Waals surface area contributed by atoms with Crippen LogP contribution < -0.4 is 9.88 Å². The maximum absolute atomic E-state index is 12.7. The average Bonchev–Trinajstić information content (AvgIpc) is 2.96. The molecule has 1 aromatic heterocycles. The quantitative estimate of drug-likeness (QED) is 0.484. The van der Waals surface area contributed by atoms with E-state index in [2.05, 4.69) is 9.88 Å². The van der Waals surface area contributed by atoms with E-state index < -0.39 is 11.7 Å². The molecule has 26 heavy (non-hydrogen) atoms. The number of nitrogens with zero attached hydrogens (tertiary/aromatic N) is 1. The second-order valence-electron chi connectivity index (χ2n) is 5.78. The van der Waals surface area contributed by atoms with Crippen LogP contribution in [0, 0.1) is 6.92 Å². The first-order chi connectivity index (χ1) is 12.3. The fourth-order valence-corrected chi connectivity index (χ4v) is 3.77. The Morgan fingerprint density at radius 2 is 1.73 bits per heavy atom. The van der Waals surface area contributed by atoms with Gasteiger partial charge in [0.25, 0.3) is 5.01 Å². The minimum absolute atomic E-state index is 0.485. The number of alkyl halides is 3. The molecule has 0 atom stereocenters. The summed E-state index contributed by atoms with van der Waals surface area (Å²) in [6.07, 6.45) is -4.34. The summed E-state index contributed by atoms with van der Waals surface area (Å²) in [5.74, 6) is 0. The van der Waals surface area contributed by atoms with Crippen molar-refractivity contribution < 1.29 is 17.7 Å². The zero-order valence-corrected chi connectivity index (χ0v) is 15.5. The second kappa shape index (κ2) is 7.55. The van der Waals surface area contributed by atoms with Gasteiger partial charge in [-0.15, -0.1) is 0 Å². The lowest BCUT2D eigenvalue weighted by Gasteiger charge is -2.09. The van der Waals surface area contributed by atoms with Crippen molar-refractivity contribution in [3.63, 3.8) is 0 Å². The topological polar surface area (TPSA) is 15.9 Å². The fourth-order valence-electron chi connectivity index (χ4n) is 2.49. The van der Waals surface area contributed by atoms with E-state index in [1.807, 2.05) is 42.6 Å².